The van der Waals surface area contributed by atoms with Gasteiger partial charge in [-0.1, -0.05) is 0 Å². The summed E-state index contributed by atoms with van der Waals surface area (Å²) < 4.78 is 0. The van der Waals surface area contributed by atoms with Gasteiger partial charge in [0.2, 0.25) is 0 Å². The molecule has 0 atom stereocenters. The van der Waals surface area contributed by atoms with E-state index in [1.807, 2.05) is 20.3 Å². The Labute approximate surface area is 93.9 Å². The van der Waals surface area contributed by atoms with Gasteiger partial charge in [0, 0.05) is 37.1 Å². The van der Waals surface area contributed by atoms with Gasteiger partial charge in [-0.3, -0.25) is 0 Å². The number of hydrogen-bond donors (Lipinski definition) is 2. The third kappa shape index (κ3) is 2.75. The van der Waals surface area contributed by atoms with E-state index in [-0.39, 0.29) is 0 Å². The quantitative estimate of drug-likeness (QED) is 0.765. The van der Waals surface area contributed by atoms with Crippen molar-refractivity contribution in [2.75, 3.05) is 27.2 Å². The molecule has 0 amide bonds. The predicted molar refractivity (Wildman–Crippen MR) is 61.0 cm³/mol. The molecule has 4 nitrogen and oxygen atoms in total. The summed E-state index contributed by atoms with van der Waals surface area (Å²) in [5, 5.41) is 14.1. The Hall–Kier alpha value is -0.490. The van der Waals surface area contributed by atoms with Crippen molar-refractivity contribution in [1.29, 1.82) is 0 Å². The van der Waals surface area contributed by atoms with Crippen molar-refractivity contribution in [3.05, 3.63) is 16.1 Å². The average Bonchev–Trinajstić information content (AvgIpc) is 2.48. The third-order valence-electron chi connectivity index (χ3n) is 2.46. The zero-order valence-corrected chi connectivity index (χ0v) is 9.97. The summed E-state index contributed by atoms with van der Waals surface area (Å²) in [5.74, 6) is 0. The van der Waals surface area contributed by atoms with E-state index in [1.54, 1.807) is 11.3 Å². The summed E-state index contributed by atoms with van der Waals surface area (Å²) in [7, 11) is 4.09. The van der Waals surface area contributed by atoms with Gasteiger partial charge >= 0.3 is 0 Å². The highest BCUT2D eigenvalue weighted by molar-refractivity contribution is 7.11. The van der Waals surface area contributed by atoms with E-state index in [1.165, 1.54) is 4.88 Å². The van der Waals surface area contributed by atoms with Gasteiger partial charge in [-0.15, -0.1) is 11.3 Å². The maximum absolute atomic E-state index is 9.95. The van der Waals surface area contributed by atoms with Gasteiger partial charge in [-0.25, -0.2) is 4.98 Å². The fraction of sp³-hybridized carbons (Fsp3) is 0.700. The minimum Gasteiger partial charge on any atom is -0.387 e. The molecule has 2 heterocycles. The van der Waals surface area contributed by atoms with Crippen LogP contribution in [0.25, 0.3) is 0 Å². The van der Waals surface area contributed by atoms with E-state index in [0.29, 0.717) is 19.5 Å². The maximum Gasteiger partial charge on any atom is 0.0958 e. The third-order valence-corrected chi connectivity index (χ3v) is 3.44. The van der Waals surface area contributed by atoms with Crippen molar-refractivity contribution in [1.82, 2.24) is 15.2 Å². The van der Waals surface area contributed by atoms with Crippen LogP contribution in [0, 0.1) is 0 Å². The van der Waals surface area contributed by atoms with Crippen molar-refractivity contribution in [3.8, 4) is 0 Å². The van der Waals surface area contributed by atoms with Gasteiger partial charge in [-0.05, 0) is 14.1 Å². The van der Waals surface area contributed by atoms with Crippen LogP contribution in [-0.4, -0.2) is 47.8 Å². The van der Waals surface area contributed by atoms with E-state index in [0.717, 1.165) is 11.6 Å². The fourth-order valence-electron chi connectivity index (χ4n) is 1.63. The van der Waals surface area contributed by atoms with E-state index < -0.39 is 5.60 Å². The lowest BCUT2D eigenvalue weighted by Crippen LogP contribution is -2.60. The number of rotatable bonds is 4. The zero-order valence-electron chi connectivity index (χ0n) is 9.16. The molecule has 1 aromatic heterocycles. The molecule has 1 aliphatic heterocycles. The van der Waals surface area contributed by atoms with Gasteiger partial charge in [0.1, 0.15) is 0 Å². The summed E-state index contributed by atoms with van der Waals surface area (Å²) in [6, 6.07) is 0. The van der Waals surface area contributed by atoms with E-state index in [2.05, 4.69) is 15.2 Å². The number of aliphatic hydroxyl groups is 1. The second-order valence-corrected chi connectivity index (χ2v) is 5.66. The summed E-state index contributed by atoms with van der Waals surface area (Å²) in [5.41, 5.74) is -0.548. The predicted octanol–water partition coefficient (Wildman–Crippen LogP) is 0.0815. The number of thiazole rings is 1. The zero-order chi connectivity index (χ0) is 10.9. The minimum absolute atomic E-state index is 0.548. The largest absolute Gasteiger partial charge is 0.387 e. The van der Waals surface area contributed by atoms with Crippen LogP contribution in [0.2, 0.25) is 0 Å². The van der Waals surface area contributed by atoms with Crippen LogP contribution in [0.5, 0.6) is 0 Å². The first-order chi connectivity index (χ1) is 7.07. The lowest BCUT2D eigenvalue weighted by molar-refractivity contribution is -0.00905. The first-order valence-corrected chi connectivity index (χ1v) is 5.90. The molecule has 2 rings (SSSR count). The first-order valence-electron chi connectivity index (χ1n) is 5.09. The van der Waals surface area contributed by atoms with Crippen molar-refractivity contribution >= 4 is 11.3 Å². The van der Waals surface area contributed by atoms with Crippen molar-refractivity contribution < 1.29 is 5.11 Å². The highest BCUT2D eigenvalue weighted by Gasteiger charge is 2.35. The van der Waals surface area contributed by atoms with Gasteiger partial charge in [-0.2, -0.15) is 0 Å². The van der Waals surface area contributed by atoms with Crippen LogP contribution in [0.3, 0.4) is 0 Å². The Kier molecular flexibility index (Phi) is 3.06. The summed E-state index contributed by atoms with van der Waals surface area (Å²) >= 11 is 1.70. The van der Waals surface area contributed by atoms with E-state index in [4.69, 9.17) is 0 Å². The number of hydrogen-bond acceptors (Lipinski definition) is 5. The molecule has 1 fully saturated rings. The molecule has 0 saturated carbocycles. The molecule has 1 saturated heterocycles. The normalized spacial score (nSPS) is 19.2. The lowest BCUT2D eigenvalue weighted by atomic mass is 9.94. The molecule has 5 heteroatoms. The molecule has 2 N–H and O–H groups in total. The van der Waals surface area contributed by atoms with Crippen molar-refractivity contribution in [2.45, 2.75) is 18.6 Å². The molecule has 84 valence electrons. The maximum atomic E-state index is 9.95. The smallest absolute Gasteiger partial charge is 0.0958 e. The molecule has 0 radical (unpaired) electrons. The molecular weight excluding hydrogens is 210 g/mol. The van der Waals surface area contributed by atoms with Crippen molar-refractivity contribution in [3.63, 3.8) is 0 Å². The monoisotopic (exact) mass is 227 g/mol. The second kappa shape index (κ2) is 4.17. The van der Waals surface area contributed by atoms with Crippen LogP contribution in [-0.2, 0) is 13.0 Å². The molecular formula is C10H17N3OS. The Morgan fingerprint density at radius 1 is 1.60 bits per heavy atom. The Morgan fingerprint density at radius 2 is 2.33 bits per heavy atom. The standard InChI is InChI=1S/C10H17N3OS/c1-13(2)5-8-4-12-9(15-8)3-10(14)6-11-7-10/h4,11,14H,3,5-7H2,1-2H3. The first kappa shape index (κ1) is 11.0. The average molecular weight is 227 g/mol. The number of β-amino-alcohol motifs (C(OH)–C–C–N with tert-alkyl or cyclic N) is 1. The molecule has 15 heavy (non-hydrogen) atoms. The van der Waals surface area contributed by atoms with Crippen molar-refractivity contribution in [2.24, 2.45) is 0 Å². The Bertz CT molecular complexity index is 333. The van der Waals surface area contributed by atoms with Crippen LogP contribution >= 0.6 is 11.3 Å². The fourth-order valence-corrected chi connectivity index (χ4v) is 2.81. The highest BCUT2D eigenvalue weighted by atomic mass is 32.1. The molecule has 0 bridgehead atoms. The molecule has 0 unspecified atom stereocenters. The van der Waals surface area contributed by atoms with Gasteiger partial charge in [0.25, 0.3) is 0 Å². The molecule has 0 aliphatic carbocycles. The summed E-state index contributed by atoms with van der Waals surface area (Å²) in [4.78, 5) is 7.72. The molecule has 1 aromatic rings. The lowest BCUT2D eigenvalue weighted by Gasteiger charge is -2.36. The summed E-state index contributed by atoms with van der Waals surface area (Å²) in [6.07, 6.45) is 2.59. The molecule has 1 aliphatic rings. The van der Waals surface area contributed by atoms with Gasteiger partial charge in [0.15, 0.2) is 0 Å². The Balaban J connectivity index is 1.95. The van der Waals surface area contributed by atoms with Gasteiger partial charge < -0.3 is 15.3 Å². The Morgan fingerprint density at radius 3 is 2.87 bits per heavy atom. The van der Waals surface area contributed by atoms with Crippen LogP contribution < -0.4 is 5.32 Å². The minimum atomic E-state index is -0.548. The van der Waals surface area contributed by atoms with Crippen LogP contribution in [0.15, 0.2) is 6.20 Å². The topological polar surface area (TPSA) is 48.4 Å². The summed E-state index contributed by atoms with van der Waals surface area (Å²) in [6.45, 7) is 2.31. The highest BCUT2D eigenvalue weighted by Crippen LogP contribution is 2.22. The van der Waals surface area contributed by atoms with Crippen LogP contribution in [0.4, 0.5) is 0 Å². The second-order valence-electron chi connectivity index (χ2n) is 4.46. The molecule has 0 spiro atoms. The number of aromatic nitrogens is 1. The number of nitrogens with one attached hydrogen (secondary N) is 1. The number of nitrogens with zero attached hydrogens (tertiary/aromatic N) is 2. The SMILES string of the molecule is CN(C)Cc1cnc(CC2(O)CNC2)s1. The van der Waals surface area contributed by atoms with E-state index in [9.17, 15) is 5.11 Å². The van der Waals surface area contributed by atoms with Gasteiger partial charge in [0.05, 0.1) is 10.6 Å². The molecule has 0 aromatic carbocycles. The van der Waals surface area contributed by atoms with Crippen LogP contribution in [0.1, 0.15) is 9.88 Å². The van der Waals surface area contributed by atoms with E-state index >= 15 is 0 Å².